The van der Waals surface area contributed by atoms with Gasteiger partial charge in [0.15, 0.2) is 0 Å². The Bertz CT molecular complexity index is 232. The van der Waals surface area contributed by atoms with Gasteiger partial charge in [-0.25, -0.2) is 4.79 Å². The van der Waals surface area contributed by atoms with Gasteiger partial charge in [0, 0.05) is 5.57 Å². The van der Waals surface area contributed by atoms with Gasteiger partial charge in [-0.3, -0.25) is 0 Å². The van der Waals surface area contributed by atoms with Gasteiger partial charge in [-0.2, -0.15) is 0 Å². The Balaban J connectivity index is 2.48. The van der Waals surface area contributed by atoms with Crippen LogP contribution in [0.1, 0.15) is 40.0 Å². The van der Waals surface area contributed by atoms with Crippen molar-refractivity contribution in [3.05, 3.63) is 12.2 Å². The van der Waals surface area contributed by atoms with Crippen LogP contribution in [0.4, 0.5) is 0 Å². The molecule has 1 aliphatic rings. The van der Waals surface area contributed by atoms with Gasteiger partial charge < -0.3 is 4.74 Å². The minimum absolute atomic E-state index is 0.115. The minimum atomic E-state index is -0.237. The third-order valence-electron chi connectivity index (χ3n) is 3.28. The van der Waals surface area contributed by atoms with Crippen LogP contribution in [-0.2, 0) is 9.53 Å². The summed E-state index contributed by atoms with van der Waals surface area (Å²) in [7, 11) is 0. The van der Waals surface area contributed by atoms with E-state index in [0.29, 0.717) is 11.5 Å². The first-order valence-corrected chi connectivity index (χ1v) is 5.42. The van der Waals surface area contributed by atoms with E-state index in [4.69, 9.17) is 4.74 Å². The number of ether oxygens (including phenoxy) is 1. The van der Waals surface area contributed by atoms with E-state index in [1.54, 1.807) is 6.92 Å². The highest BCUT2D eigenvalue weighted by atomic mass is 16.5. The molecule has 3 unspecified atom stereocenters. The zero-order chi connectivity index (χ0) is 10.7. The van der Waals surface area contributed by atoms with Crippen molar-refractivity contribution in [3.8, 4) is 0 Å². The predicted octanol–water partition coefficient (Wildman–Crippen LogP) is 2.93. The number of carbonyl (C=O) groups is 1. The first kappa shape index (κ1) is 11.3. The largest absolute Gasteiger partial charge is 0.459 e. The van der Waals surface area contributed by atoms with E-state index in [1.165, 1.54) is 12.8 Å². The van der Waals surface area contributed by atoms with Crippen LogP contribution in [-0.4, -0.2) is 12.1 Å². The molecule has 0 radical (unpaired) electrons. The van der Waals surface area contributed by atoms with Crippen molar-refractivity contribution in [2.45, 2.75) is 46.1 Å². The third-order valence-corrected chi connectivity index (χ3v) is 3.28. The summed E-state index contributed by atoms with van der Waals surface area (Å²) < 4.78 is 5.38. The predicted molar refractivity (Wildman–Crippen MR) is 56.9 cm³/mol. The molecule has 2 heteroatoms. The van der Waals surface area contributed by atoms with Crippen molar-refractivity contribution in [1.29, 1.82) is 0 Å². The van der Waals surface area contributed by atoms with Crippen molar-refractivity contribution in [1.82, 2.24) is 0 Å². The summed E-state index contributed by atoms with van der Waals surface area (Å²) in [6.45, 7) is 9.66. The highest BCUT2D eigenvalue weighted by Crippen LogP contribution is 2.35. The lowest BCUT2D eigenvalue weighted by Gasteiger charge is -2.19. The summed E-state index contributed by atoms with van der Waals surface area (Å²) >= 11 is 0. The summed E-state index contributed by atoms with van der Waals surface area (Å²) in [4.78, 5) is 11.3. The monoisotopic (exact) mass is 196 g/mol. The fraction of sp³-hybridized carbons (Fsp3) is 0.750. The van der Waals surface area contributed by atoms with Crippen LogP contribution in [0.15, 0.2) is 12.2 Å². The van der Waals surface area contributed by atoms with Gasteiger partial charge >= 0.3 is 5.97 Å². The van der Waals surface area contributed by atoms with Crippen LogP contribution in [0.2, 0.25) is 0 Å². The Morgan fingerprint density at radius 1 is 1.50 bits per heavy atom. The summed E-state index contributed by atoms with van der Waals surface area (Å²) in [6.07, 6.45) is 3.50. The van der Waals surface area contributed by atoms with Gasteiger partial charge in [0.2, 0.25) is 0 Å². The summed E-state index contributed by atoms with van der Waals surface area (Å²) in [5, 5.41) is 0. The molecule has 1 fully saturated rings. The molecule has 3 atom stereocenters. The van der Waals surface area contributed by atoms with Crippen molar-refractivity contribution < 1.29 is 9.53 Å². The molecule has 0 N–H and O–H groups in total. The number of hydrogen-bond donors (Lipinski definition) is 0. The van der Waals surface area contributed by atoms with Crippen molar-refractivity contribution in [3.63, 3.8) is 0 Å². The molecular weight excluding hydrogens is 176 g/mol. The van der Waals surface area contributed by atoms with E-state index in [0.717, 1.165) is 12.3 Å². The third kappa shape index (κ3) is 2.37. The Labute approximate surface area is 86.3 Å². The lowest BCUT2D eigenvalue weighted by molar-refractivity contribution is -0.145. The molecule has 1 aliphatic carbocycles. The van der Waals surface area contributed by atoms with Gasteiger partial charge in [-0.05, 0) is 31.6 Å². The molecule has 0 amide bonds. The summed E-state index contributed by atoms with van der Waals surface area (Å²) in [5.74, 6) is 0.986. The minimum Gasteiger partial charge on any atom is -0.459 e. The Kier molecular flexibility index (Phi) is 3.73. The molecular formula is C12H20O2. The number of rotatable bonds is 3. The molecule has 14 heavy (non-hydrogen) atoms. The average molecular weight is 196 g/mol. The van der Waals surface area contributed by atoms with E-state index >= 15 is 0 Å². The van der Waals surface area contributed by atoms with E-state index in [9.17, 15) is 4.79 Å². The lowest BCUT2D eigenvalue weighted by Crippen LogP contribution is -2.23. The lowest BCUT2D eigenvalue weighted by atomic mass is 9.94. The van der Waals surface area contributed by atoms with Gasteiger partial charge in [-0.1, -0.05) is 26.8 Å². The van der Waals surface area contributed by atoms with E-state index in [1.807, 2.05) is 0 Å². The number of esters is 1. The maximum absolute atomic E-state index is 11.3. The zero-order valence-corrected chi connectivity index (χ0v) is 9.38. The van der Waals surface area contributed by atoms with Gasteiger partial charge in [0.25, 0.3) is 0 Å². The van der Waals surface area contributed by atoms with E-state index < -0.39 is 0 Å². The Morgan fingerprint density at radius 3 is 2.57 bits per heavy atom. The fourth-order valence-corrected chi connectivity index (χ4v) is 2.19. The van der Waals surface area contributed by atoms with Crippen LogP contribution in [0.5, 0.6) is 0 Å². The molecule has 1 saturated carbocycles. The molecule has 0 spiro atoms. The standard InChI is InChI=1S/C12H20O2/c1-5-10-6-7-11(9(10)4)14-12(13)8(2)3/h9-11H,2,5-7H2,1,3-4H3. The molecule has 0 aromatic rings. The van der Waals surface area contributed by atoms with Crippen LogP contribution in [0, 0.1) is 11.8 Å². The normalized spacial score (nSPS) is 31.5. The smallest absolute Gasteiger partial charge is 0.333 e. The molecule has 0 aromatic heterocycles. The maximum Gasteiger partial charge on any atom is 0.333 e. The molecule has 0 saturated heterocycles. The molecule has 80 valence electrons. The van der Waals surface area contributed by atoms with Crippen LogP contribution in [0.3, 0.4) is 0 Å². The van der Waals surface area contributed by atoms with Crippen LogP contribution < -0.4 is 0 Å². The second kappa shape index (κ2) is 4.63. The SMILES string of the molecule is C=C(C)C(=O)OC1CCC(CC)C1C. The number of hydrogen-bond acceptors (Lipinski definition) is 2. The highest BCUT2D eigenvalue weighted by molar-refractivity contribution is 5.87. The summed E-state index contributed by atoms with van der Waals surface area (Å²) in [5.41, 5.74) is 0.497. The fourth-order valence-electron chi connectivity index (χ4n) is 2.19. The first-order valence-electron chi connectivity index (χ1n) is 5.42. The van der Waals surface area contributed by atoms with E-state index in [-0.39, 0.29) is 12.1 Å². The van der Waals surface area contributed by atoms with Gasteiger partial charge in [0.1, 0.15) is 6.10 Å². The molecule has 2 nitrogen and oxygen atoms in total. The molecule has 0 bridgehead atoms. The van der Waals surface area contributed by atoms with Crippen LogP contribution in [0.25, 0.3) is 0 Å². The first-order chi connectivity index (χ1) is 6.56. The van der Waals surface area contributed by atoms with Gasteiger partial charge in [-0.15, -0.1) is 0 Å². The highest BCUT2D eigenvalue weighted by Gasteiger charge is 2.34. The van der Waals surface area contributed by atoms with Gasteiger partial charge in [0.05, 0.1) is 0 Å². The Hall–Kier alpha value is -0.790. The van der Waals surface area contributed by atoms with Crippen molar-refractivity contribution in [2.24, 2.45) is 11.8 Å². The summed E-state index contributed by atoms with van der Waals surface area (Å²) in [6, 6.07) is 0. The zero-order valence-electron chi connectivity index (χ0n) is 9.38. The topological polar surface area (TPSA) is 26.3 Å². The molecule has 0 heterocycles. The van der Waals surface area contributed by atoms with Crippen molar-refractivity contribution in [2.75, 3.05) is 0 Å². The van der Waals surface area contributed by atoms with Crippen LogP contribution >= 0.6 is 0 Å². The molecule has 0 aliphatic heterocycles. The second-order valence-electron chi connectivity index (χ2n) is 4.33. The van der Waals surface area contributed by atoms with Crippen molar-refractivity contribution >= 4 is 5.97 Å². The second-order valence-corrected chi connectivity index (χ2v) is 4.33. The Morgan fingerprint density at radius 2 is 2.14 bits per heavy atom. The maximum atomic E-state index is 11.3. The quantitative estimate of drug-likeness (QED) is 0.512. The average Bonchev–Trinajstić information content (AvgIpc) is 2.47. The van der Waals surface area contributed by atoms with E-state index in [2.05, 4.69) is 20.4 Å². The molecule has 1 rings (SSSR count). The number of carbonyl (C=O) groups excluding carboxylic acids is 1. The molecule has 0 aromatic carbocycles.